The molecule has 0 radical (unpaired) electrons. The molecular formula is C25H20BrNO6. The van der Waals surface area contributed by atoms with Crippen molar-refractivity contribution in [1.82, 2.24) is 4.98 Å². The molecule has 0 spiro atoms. The highest BCUT2D eigenvalue weighted by atomic mass is 79.9. The molecule has 33 heavy (non-hydrogen) atoms. The summed E-state index contributed by atoms with van der Waals surface area (Å²) in [7, 11) is 2.70. The van der Waals surface area contributed by atoms with Crippen molar-refractivity contribution in [1.29, 1.82) is 0 Å². The summed E-state index contributed by atoms with van der Waals surface area (Å²) >= 11 is 3.42. The second-order valence-corrected chi connectivity index (χ2v) is 8.95. The number of aromatic nitrogens is 1. The van der Waals surface area contributed by atoms with E-state index in [1.54, 1.807) is 36.4 Å². The highest BCUT2D eigenvalue weighted by Gasteiger charge is 2.76. The SMILES string of the molecule is COC(=O)[C@@H]1C(c2ccccc2)[C@@]2(c3ccc(Br)cc3)Oc3nc(OC)ccc3[C@@]1(O)C2=O. The first-order chi connectivity index (χ1) is 15.9. The van der Waals surface area contributed by atoms with Gasteiger partial charge in [0.25, 0.3) is 0 Å². The third-order valence-electron chi connectivity index (χ3n) is 6.50. The van der Waals surface area contributed by atoms with Crippen molar-refractivity contribution in [3.8, 4) is 11.8 Å². The third-order valence-corrected chi connectivity index (χ3v) is 7.03. The largest absolute Gasteiger partial charge is 0.481 e. The summed E-state index contributed by atoms with van der Waals surface area (Å²) < 4.78 is 17.6. The summed E-state index contributed by atoms with van der Waals surface area (Å²) in [4.78, 5) is 31.8. The average molecular weight is 510 g/mol. The van der Waals surface area contributed by atoms with Gasteiger partial charge in [-0.2, -0.15) is 4.98 Å². The Balaban J connectivity index is 1.88. The lowest BCUT2D eigenvalue weighted by Gasteiger charge is -2.38. The van der Waals surface area contributed by atoms with Gasteiger partial charge >= 0.3 is 5.97 Å². The van der Waals surface area contributed by atoms with Crippen LogP contribution < -0.4 is 9.47 Å². The maximum Gasteiger partial charge on any atom is 0.313 e. The number of halogens is 1. The van der Waals surface area contributed by atoms with Gasteiger partial charge in [0.1, 0.15) is 5.92 Å². The molecule has 0 saturated heterocycles. The molecule has 2 heterocycles. The number of benzene rings is 2. The number of ketones is 1. The fourth-order valence-electron chi connectivity index (χ4n) is 5.09. The van der Waals surface area contributed by atoms with Gasteiger partial charge in [-0.25, -0.2) is 0 Å². The Morgan fingerprint density at radius 3 is 2.39 bits per heavy atom. The van der Waals surface area contributed by atoms with E-state index in [0.29, 0.717) is 11.1 Å². The summed E-state index contributed by atoms with van der Waals surface area (Å²) in [5, 5.41) is 12.1. The van der Waals surface area contributed by atoms with Crippen molar-refractivity contribution in [2.45, 2.75) is 17.1 Å². The van der Waals surface area contributed by atoms with Crippen LogP contribution in [0.2, 0.25) is 0 Å². The monoisotopic (exact) mass is 509 g/mol. The number of carbonyl (C=O) groups is 2. The zero-order valence-corrected chi connectivity index (χ0v) is 19.4. The lowest BCUT2D eigenvalue weighted by molar-refractivity contribution is -0.162. The second-order valence-electron chi connectivity index (χ2n) is 8.04. The number of nitrogens with zero attached hydrogens (tertiary/aromatic N) is 1. The first-order valence-corrected chi connectivity index (χ1v) is 11.1. The fourth-order valence-corrected chi connectivity index (χ4v) is 5.35. The Labute approximate surface area is 198 Å². The molecular weight excluding hydrogens is 490 g/mol. The maximum atomic E-state index is 14.2. The second kappa shape index (κ2) is 7.67. The van der Waals surface area contributed by atoms with Crippen molar-refractivity contribution < 1.29 is 28.9 Å². The molecule has 1 saturated carbocycles. The predicted molar refractivity (Wildman–Crippen MR) is 121 cm³/mol. The number of hydrogen-bond acceptors (Lipinski definition) is 7. The number of rotatable bonds is 4. The number of ether oxygens (including phenoxy) is 3. The highest BCUT2D eigenvalue weighted by Crippen LogP contribution is 2.64. The Morgan fingerprint density at radius 1 is 1.06 bits per heavy atom. The molecule has 2 aliphatic rings. The van der Waals surface area contributed by atoms with Gasteiger partial charge in [0.2, 0.25) is 23.1 Å². The molecule has 1 N–H and O–H groups in total. The molecule has 8 heteroatoms. The first-order valence-electron chi connectivity index (χ1n) is 10.3. The molecule has 7 nitrogen and oxygen atoms in total. The normalized spacial score (nSPS) is 27.5. The van der Waals surface area contributed by atoms with Crippen molar-refractivity contribution in [3.05, 3.63) is 87.9 Å². The van der Waals surface area contributed by atoms with E-state index in [1.165, 1.54) is 26.4 Å². The first kappa shape index (κ1) is 21.6. The van der Waals surface area contributed by atoms with Crippen LogP contribution in [0.25, 0.3) is 0 Å². The summed E-state index contributed by atoms with van der Waals surface area (Å²) in [5.74, 6) is -3.22. The van der Waals surface area contributed by atoms with E-state index in [0.717, 1.165) is 4.47 Å². The summed E-state index contributed by atoms with van der Waals surface area (Å²) in [6, 6.07) is 19.1. The summed E-state index contributed by atoms with van der Waals surface area (Å²) in [5.41, 5.74) is -2.69. The molecule has 1 aliphatic heterocycles. The van der Waals surface area contributed by atoms with Gasteiger partial charge in [-0.05, 0) is 23.8 Å². The van der Waals surface area contributed by atoms with E-state index in [1.807, 2.05) is 18.2 Å². The minimum Gasteiger partial charge on any atom is -0.481 e. The van der Waals surface area contributed by atoms with Crippen LogP contribution in [-0.2, 0) is 25.5 Å². The van der Waals surface area contributed by atoms with Crippen molar-refractivity contribution >= 4 is 27.7 Å². The van der Waals surface area contributed by atoms with Gasteiger partial charge in [0, 0.05) is 16.1 Å². The lowest BCUT2D eigenvalue weighted by Crippen LogP contribution is -2.51. The van der Waals surface area contributed by atoms with Crippen LogP contribution in [0.1, 0.15) is 22.6 Å². The van der Waals surface area contributed by atoms with E-state index >= 15 is 0 Å². The molecule has 4 atom stereocenters. The number of methoxy groups -OCH3 is 2. The Morgan fingerprint density at radius 2 is 1.76 bits per heavy atom. The van der Waals surface area contributed by atoms with Gasteiger partial charge in [0.05, 0.1) is 25.7 Å². The average Bonchev–Trinajstić information content (AvgIpc) is 2.97. The molecule has 1 aliphatic carbocycles. The molecule has 2 bridgehead atoms. The van der Waals surface area contributed by atoms with Crippen LogP contribution in [0, 0.1) is 5.92 Å². The van der Waals surface area contributed by atoms with E-state index < -0.39 is 34.8 Å². The molecule has 1 fully saturated rings. The third kappa shape index (κ3) is 2.87. The minimum absolute atomic E-state index is 0.0340. The molecule has 1 aromatic heterocycles. The van der Waals surface area contributed by atoms with Crippen LogP contribution in [0.4, 0.5) is 0 Å². The fraction of sp³-hybridized carbons (Fsp3) is 0.240. The van der Waals surface area contributed by atoms with E-state index in [-0.39, 0.29) is 17.3 Å². The minimum atomic E-state index is -2.21. The smallest absolute Gasteiger partial charge is 0.313 e. The summed E-state index contributed by atoms with van der Waals surface area (Å²) in [6.45, 7) is 0. The topological polar surface area (TPSA) is 95.0 Å². The molecule has 1 unspecified atom stereocenters. The zero-order chi connectivity index (χ0) is 23.4. The van der Waals surface area contributed by atoms with Crippen LogP contribution >= 0.6 is 15.9 Å². The van der Waals surface area contributed by atoms with Crippen LogP contribution in [0.3, 0.4) is 0 Å². The molecule has 3 aromatic rings. The number of Topliss-reactive ketones (excluding diaryl/α,β-unsaturated/α-hetero) is 1. The standard InChI is InChI=1S/C25H20BrNO6/c1-31-18-13-12-17-21(27-18)33-25(15-8-10-16(26)11-9-15)19(14-6-4-3-5-7-14)20(22(28)32-2)24(17,30)23(25)29/h3-13,19-20,30H,1-2H3/t19?,20-,24-,25+/m0/s1. The van der Waals surface area contributed by atoms with Gasteiger partial charge < -0.3 is 19.3 Å². The van der Waals surface area contributed by atoms with Crippen LogP contribution in [0.15, 0.2) is 71.2 Å². The molecule has 168 valence electrons. The van der Waals surface area contributed by atoms with Gasteiger partial charge in [-0.1, -0.05) is 58.4 Å². The van der Waals surface area contributed by atoms with E-state index in [2.05, 4.69) is 20.9 Å². The van der Waals surface area contributed by atoms with Crippen molar-refractivity contribution in [2.75, 3.05) is 14.2 Å². The number of aliphatic hydroxyl groups is 1. The van der Waals surface area contributed by atoms with Gasteiger partial charge in [0.15, 0.2) is 5.60 Å². The lowest BCUT2D eigenvalue weighted by atomic mass is 9.75. The molecule has 2 aromatic carbocycles. The van der Waals surface area contributed by atoms with E-state index in [9.17, 15) is 14.7 Å². The number of fused-ring (bicyclic) bond motifs is 4. The number of esters is 1. The van der Waals surface area contributed by atoms with E-state index in [4.69, 9.17) is 14.2 Å². The highest BCUT2D eigenvalue weighted by molar-refractivity contribution is 9.10. The van der Waals surface area contributed by atoms with Crippen molar-refractivity contribution in [3.63, 3.8) is 0 Å². The Hall–Kier alpha value is -3.23. The molecule has 0 amide bonds. The zero-order valence-electron chi connectivity index (χ0n) is 17.8. The Bertz CT molecular complexity index is 1250. The quantitative estimate of drug-likeness (QED) is 0.537. The predicted octanol–water partition coefficient (Wildman–Crippen LogP) is 3.48. The van der Waals surface area contributed by atoms with Gasteiger partial charge in [-0.3, -0.25) is 9.59 Å². The van der Waals surface area contributed by atoms with Crippen LogP contribution in [0.5, 0.6) is 11.8 Å². The van der Waals surface area contributed by atoms with Gasteiger partial charge in [-0.15, -0.1) is 0 Å². The number of carbonyl (C=O) groups excluding carboxylic acids is 2. The van der Waals surface area contributed by atoms with Crippen molar-refractivity contribution in [2.24, 2.45) is 5.92 Å². The summed E-state index contributed by atoms with van der Waals surface area (Å²) in [6.07, 6.45) is 0. The van der Waals surface area contributed by atoms with Crippen LogP contribution in [-0.4, -0.2) is 36.1 Å². The number of hydrogen-bond donors (Lipinski definition) is 1. The molecule has 5 rings (SSSR count). The number of pyridine rings is 1. The maximum absolute atomic E-state index is 14.2. The Kier molecular flexibility index (Phi) is 5.02.